The van der Waals surface area contributed by atoms with Gasteiger partial charge in [-0.1, -0.05) is 6.42 Å². The van der Waals surface area contributed by atoms with Gasteiger partial charge in [-0.15, -0.1) is 11.3 Å². The van der Waals surface area contributed by atoms with E-state index in [1.165, 1.54) is 24.3 Å². The maximum absolute atomic E-state index is 8.99. The number of rotatable bonds is 3. The van der Waals surface area contributed by atoms with E-state index in [0.29, 0.717) is 5.92 Å². The predicted octanol–water partition coefficient (Wildman–Crippen LogP) is 1.71. The minimum atomic E-state index is -0.249. The average Bonchev–Trinajstić information content (AvgIpc) is 2.43. The molecule has 1 aromatic heterocycles. The van der Waals surface area contributed by atoms with Gasteiger partial charge in [0, 0.05) is 10.8 Å². The first kappa shape index (κ1) is 10.1. The molecule has 14 heavy (non-hydrogen) atoms. The maximum Gasteiger partial charge on any atom is 0.0962 e. The Kier molecular flexibility index (Phi) is 2.85. The van der Waals surface area contributed by atoms with Crippen molar-refractivity contribution in [1.29, 1.82) is 0 Å². The van der Waals surface area contributed by atoms with Crippen LogP contribution in [0.25, 0.3) is 0 Å². The van der Waals surface area contributed by atoms with Gasteiger partial charge in [0.15, 0.2) is 0 Å². The van der Waals surface area contributed by atoms with Crippen LogP contribution in [0.5, 0.6) is 0 Å². The molecule has 1 heterocycles. The van der Waals surface area contributed by atoms with Crippen LogP contribution in [0.1, 0.15) is 46.8 Å². The van der Waals surface area contributed by atoms with Gasteiger partial charge in [-0.05, 0) is 19.8 Å². The van der Waals surface area contributed by atoms with Crippen LogP contribution in [-0.2, 0) is 0 Å². The van der Waals surface area contributed by atoms with Gasteiger partial charge in [-0.25, -0.2) is 4.98 Å². The summed E-state index contributed by atoms with van der Waals surface area (Å²) in [5, 5.41) is 10.2. The molecule has 1 unspecified atom stereocenters. The molecule has 3 nitrogen and oxygen atoms in total. The summed E-state index contributed by atoms with van der Waals surface area (Å²) in [6.07, 6.45) is 3.85. The lowest BCUT2D eigenvalue weighted by Crippen LogP contribution is -2.13. The Morgan fingerprint density at radius 3 is 2.86 bits per heavy atom. The van der Waals surface area contributed by atoms with E-state index in [9.17, 15) is 0 Å². The van der Waals surface area contributed by atoms with Gasteiger partial charge < -0.3 is 10.8 Å². The molecule has 0 aliphatic heterocycles. The molecule has 1 atom stereocenters. The molecule has 0 amide bonds. The van der Waals surface area contributed by atoms with E-state index in [2.05, 4.69) is 4.98 Å². The number of hydrogen-bond donors (Lipinski definition) is 2. The molecule has 1 saturated carbocycles. The first-order valence-electron chi connectivity index (χ1n) is 5.06. The highest BCUT2D eigenvalue weighted by Crippen LogP contribution is 2.39. The molecule has 0 aromatic carbocycles. The Hall–Kier alpha value is -0.450. The van der Waals surface area contributed by atoms with Crippen LogP contribution in [0.4, 0.5) is 0 Å². The van der Waals surface area contributed by atoms with Crippen LogP contribution in [0.15, 0.2) is 0 Å². The van der Waals surface area contributed by atoms with Crippen LogP contribution in [-0.4, -0.2) is 16.7 Å². The molecule has 4 heteroatoms. The Labute approximate surface area is 88.0 Å². The number of aliphatic hydroxyl groups excluding tert-OH is 1. The predicted molar refractivity (Wildman–Crippen MR) is 57.5 cm³/mol. The van der Waals surface area contributed by atoms with E-state index in [-0.39, 0.29) is 12.6 Å². The topological polar surface area (TPSA) is 59.1 Å². The van der Waals surface area contributed by atoms with E-state index in [4.69, 9.17) is 10.8 Å². The number of nitrogens with two attached hydrogens (primary N) is 1. The van der Waals surface area contributed by atoms with E-state index >= 15 is 0 Å². The van der Waals surface area contributed by atoms with Crippen LogP contribution >= 0.6 is 11.3 Å². The fourth-order valence-corrected chi connectivity index (χ4v) is 2.92. The van der Waals surface area contributed by atoms with Gasteiger partial charge in [0.1, 0.15) is 0 Å². The Morgan fingerprint density at radius 1 is 1.64 bits per heavy atom. The van der Waals surface area contributed by atoms with Crippen molar-refractivity contribution in [2.45, 2.75) is 38.1 Å². The van der Waals surface area contributed by atoms with Crippen LogP contribution in [0, 0.1) is 6.92 Å². The second-order valence-electron chi connectivity index (χ2n) is 3.92. The molecule has 1 aliphatic carbocycles. The van der Waals surface area contributed by atoms with Crippen molar-refractivity contribution in [1.82, 2.24) is 4.98 Å². The number of nitrogens with zero attached hydrogens (tertiary/aromatic N) is 1. The third kappa shape index (κ3) is 1.69. The lowest BCUT2D eigenvalue weighted by Gasteiger charge is -2.22. The van der Waals surface area contributed by atoms with Gasteiger partial charge in [0.2, 0.25) is 0 Å². The van der Waals surface area contributed by atoms with Crippen molar-refractivity contribution >= 4 is 11.3 Å². The number of hydrogen-bond acceptors (Lipinski definition) is 4. The van der Waals surface area contributed by atoms with Gasteiger partial charge in [-0.2, -0.15) is 0 Å². The molecular weight excluding hydrogens is 196 g/mol. The first-order chi connectivity index (χ1) is 6.72. The monoisotopic (exact) mass is 212 g/mol. The number of thiazole rings is 1. The minimum Gasteiger partial charge on any atom is -0.394 e. The molecule has 78 valence electrons. The summed E-state index contributed by atoms with van der Waals surface area (Å²) in [6.45, 7) is 1.98. The highest BCUT2D eigenvalue weighted by molar-refractivity contribution is 7.12. The molecule has 1 aliphatic rings. The first-order valence-corrected chi connectivity index (χ1v) is 5.87. The lowest BCUT2D eigenvalue weighted by molar-refractivity contribution is 0.269. The fourth-order valence-electron chi connectivity index (χ4n) is 1.69. The van der Waals surface area contributed by atoms with Crippen molar-refractivity contribution < 1.29 is 5.11 Å². The van der Waals surface area contributed by atoms with Crippen molar-refractivity contribution in [3.63, 3.8) is 0 Å². The summed E-state index contributed by atoms with van der Waals surface area (Å²) >= 11 is 1.68. The zero-order valence-corrected chi connectivity index (χ0v) is 9.18. The third-order valence-corrected chi connectivity index (χ3v) is 4.29. The molecule has 0 radical (unpaired) electrons. The summed E-state index contributed by atoms with van der Waals surface area (Å²) in [5.74, 6) is 0.665. The van der Waals surface area contributed by atoms with Crippen LogP contribution < -0.4 is 5.73 Å². The zero-order valence-electron chi connectivity index (χ0n) is 8.36. The molecule has 0 saturated heterocycles. The number of aliphatic hydroxyl groups is 1. The van der Waals surface area contributed by atoms with E-state index in [0.717, 1.165) is 10.6 Å². The largest absolute Gasteiger partial charge is 0.394 e. The van der Waals surface area contributed by atoms with Gasteiger partial charge in [0.05, 0.1) is 23.4 Å². The maximum atomic E-state index is 8.99. The Balaban J connectivity index is 2.20. The Morgan fingerprint density at radius 2 is 2.36 bits per heavy atom. The normalized spacial score (nSPS) is 19.4. The second-order valence-corrected chi connectivity index (χ2v) is 4.98. The van der Waals surface area contributed by atoms with Gasteiger partial charge in [-0.3, -0.25) is 0 Å². The van der Waals surface area contributed by atoms with Crippen molar-refractivity contribution in [3.8, 4) is 0 Å². The highest BCUT2D eigenvalue weighted by Gasteiger charge is 2.24. The Bertz CT molecular complexity index is 320. The van der Waals surface area contributed by atoms with Crippen molar-refractivity contribution in [2.75, 3.05) is 6.61 Å². The van der Waals surface area contributed by atoms with Crippen molar-refractivity contribution in [3.05, 3.63) is 15.6 Å². The highest BCUT2D eigenvalue weighted by atomic mass is 32.1. The molecule has 2 rings (SSSR count). The summed E-state index contributed by atoms with van der Waals surface area (Å²) in [5.41, 5.74) is 6.79. The van der Waals surface area contributed by atoms with E-state index in [1.54, 1.807) is 11.3 Å². The molecule has 0 spiro atoms. The van der Waals surface area contributed by atoms with Crippen LogP contribution in [0.3, 0.4) is 0 Å². The minimum absolute atomic E-state index is 0.00708. The SMILES string of the molecule is Cc1nc(C2CCC2)sc1C(N)CO. The van der Waals surface area contributed by atoms with Gasteiger partial charge >= 0.3 is 0 Å². The summed E-state index contributed by atoms with van der Waals surface area (Å²) in [6, 6.07) is -0.249. The molecular formula is C10H16N2OS. The summed E-state index contributed by atoms with van der Waals surface area (Å²) < 4.78 is 0. The summed E-state index contributed by atoms with van der Waals surface area (Å²) in [7, 11) is 0. The van der Waals surface area contributed by atoms with Crippen molar-refractivity contribution in [2.24, 2.45) is 5.73 Å². The average molecular weight is 212 g/mol. The summed E-state index contributed by atoms with van der Waals surface area (Å²) in [4.78, 5) is 5.58. The second kappa shape index (κ2) is 3.96. The smallest absolute Gasteiger partial charge is 0.0962 e. The molecule has 1 aromatic rings. The van der Waals surface area contributed by atoms with Crippen LogP contribution in [0.2, 0.25) is 0 Å². The fraction of sp³-hybridized carbons (Fsp3) is 0.700. The van der Waals surface area contributed by atoms with E-state index in [1.807, 2.05) is 6.92 Å². The lowest BCUT2D eigenvalue weighted by atomic mass is 9.86. The molecule has 0 bridgehead atoms. The zero-order chi connectivity index (χ0) is 10.1. The quantitative estimate of drug-likeness (QED) is 0.802. The van der Waals surface area contributed by atoms with Gasteiger partial charge in [0.25, 0.3) is 0 Å². The number of aryl methyl sites for hydroxylation is 1. The third-order valence-electron chi connectivity index (χ3n) is 2.84. The molecule has 1 fully saturated rings. The standard InChI is InChI=1S/C10H16N2OS/c1-6-9(8(11)5-13)14-10(12-6)7-3-2-4-7/h7-8,13H,2-5,11H2,1H3. The van der Waals surface area contributed by atoms with E-state index < -0.39 is 0 Å². The number of aromatic nitrogens is 1. The molecule has 3 N–H and O–H groups in total.